The third kappa shape index (κ3) is 8.78. The number of likely N-dealkylation sites (tertiary alicyclic amines) is 1. The number of rotatable bonds is 5. The van der Waals surface area contributed by atoms with Gasteiger partial charge in [-0.25, -0.2) is 14.0 Å². The number of nitrogens with zero attached hydrogens (tertiary/aromatic N) is 3. The highest BCUT2D eigenvalue weighted by molar-refractivity contribution is 6.34. The fourth-order valence-corrected chi connectivity index (χ4v) is 5.66. The van der Waals surface area contributed by atoms with Crippen molar-refractivity contribution in [1.82, 2.24) is 4.90 Å². The van der Waals surface area contributed by atoms with Crippen molar-refractivity contribution in [3.05, 3.63) is 52.8 Å². The number of benzene rings is 2. The van der Waals surface area contributed by atoms with Crippen molar-refractivity contribution < 1.29 is 33.0 Å². The summed E-state index contributed by atoms with van der Waals surface area (Å²) in [7, 11) is 0. The number of piperidine rings is 1. The van der Waals surface area contributed by atoms with Crippen LogP contribution in [0.3, 0.4) is 0 Å². The standard InChI is InChI=1S/C33H40ClFN4O6/c1-31(2,3)44-29(41)37-24-18-26-25(17-23(24)34)39(30(42)45-32(4,5)6)20-27(43-26)28(40)38-15-12-33(11-14-36,13-16-38)19-21-7-9-22(35)10-8-21/h7-10,17-18,27H,11-13,15-16,19-20H2,1-6H3,(H,37,41). The molecule has 1 fully saturated rings. The molecule has 2 aromatic carbocycles. The van der Waals surface area contributed by atoms with Crippen molar-refractivity contribution in [3.63, 3.8) is 0 Å². The number of carbonyl (C=O) groups is 3. The zero-order chi connectivity index (χ0) is 33.2. The summed E-state index contributed by atoms with van der Waals surface area (Å²) in [5.41, 5.74) is -0.504. The summed E-state index contributed by atoms with van der Waals surface area (Å²) in [4.78, 5) is 42.7. The van der Waals surface area contributed by atoms with Crippen molar-refractivity contribution in [2.75, 3.05) is 29.9 Å². The molecule has 1 unspecified atom stereocenters. The Balaban J connectivity index is 1.56. The Labute approximate surface area is 268 Å². The van der Waals surface area contributed by atoms with Gasteiger partial charge in [0.15, 0.2) is 6.10 Å². The first-order valence-corrected chi connectivity index (χ1v) is 15.3. The molecule has 3 amide bonds. The second-order valence-corrected chi connectivity index (χ2v) is 14.0. The van der Waals surface area contributed by atoms with Gasteiger partial charge in [0.05, 0.1) is 29.0 Å². The largest absolute Gasteiger partial charge is 0.476 e. The Morgan fingerprint density at radius 1 is 1.07 bits per heavy atom. The molecular formula is C33H40ClFN4O6. The van der Waals surface area contributed by atoms with E-state index in [1.807, 2.05) is 0 Å². The van der Waals surface area contributed by atoms with E-state index >= 15 is 0 Å². The van der Waals surface area contributed by atoms with Crippen LogP contribution in [-0.2, 0) is 20.7 Å². The number of hydrogen-bond acceptors (Lipinski definition) is 7. The summed E-state index contributed by atoms with van der Waals surface area (Å²) in [5.74, 6) is -0.482. The molecule has 0 radical (unpaired) electrons. The first-order valence-electron chi connectivity index (χ1n) is 14.9. The summed E-state index contributed by atoms with van der Waals surface area (Å²) in [5, 5.41) is 12.3. The van der Waals surface area contributed by atoms with Gasteiger partial charge in [0.2, 0.25) is 0 Å². The van der Waals surface area contributed by atoms with Crippen LogP contribution in [0.25, 0.3) is 0 Å². The second kappa shape index (κ2) is 13.1. The van der Waals surface area contributed by atoms with Gasteiger partial charge in [-0.3, -0.25) is 15.0 Å². The molecule has 2 aliphatic heterocycles. The summed E-state index contributed by atoms with van der Waals surface area (Å²) in [6.45, 7) is 11.0. The van der Waals surface area contributed by atoms with Gasteiger partial charge in [0, 0.05) is 25.6 Å². The van der Waals surface area contributed by atoms with Gasteiger partial charge >= 0.3 is 12.2 Å². The van der Waals surface area contributed by atoms with Crippen LogP contribution in [0.1, 0.15) is 66.4 Å². The predicted molar refractivity (Wildman–Crippen MR) is 168 cm³/mol. The number of ether oxygens (including phenoxy) is 3. The van der Waals surface area contributed by atoms with Gasteiger partial charge < -0.3 is 19.1 Å². The molecule has 0 saturated carbocycles. The summed E-state index contributed by atoms with van der Waals surface area (Å²) >= 11 is 6.50. The van der Waals surface area contributed by atoms with Crippen LogP contribution in [0.5, 0.6) is 5.75 Å². The number of anilines is 2. The highest BCUT2D eigenvalue weighted by atomic mass is 35.5. The molecule has 0 aromatic heterocycles. The van der Waals surface area contributed by atoms with Gasteiger partial charge in [-0.15, -0.1) is 0 Å². The van der Waals surface area contributed by atoms with E-state index in [1.54, 1.807) is 58.6 Å². The minimum absolute atomic E-state index is 0.120. The van der Waals surface area contributed by atoms with Crippen LogP contribution in [0.2, 0.25) is 5.02 Å². The zero-order valence-electron chi connectivity index (χ0n) is 26.5. The average Bonchev–Trinajstić information content (AvgIpc) is 2.92. The predicted octanol–water partition coefficient (Wildman–Crippen LogP) is 7.09. The van der Waals surface area contributed by atoms with E-state index in [1.165, 1.54) is 29.2 Å². The van der Waals surface area contributed by atoms with E-state index in [0.29, 0.717) is 44.5 Å². The molecule has 2 heterocycles. The molecule has 1 atom stereocenters. The first kappa shape index (κ1) is 33.8. The molecule has 12 heteroatoms. The van der Waals surface area contributed by atoms with Crippen LogP contribution in [0.15, 0.2) is 36.4 Å². The van der Waals surface area contributed by atoms with Gasteiger partial charge in [0.1, 0.15) is 22.8 Å². The minimum atomic E-state index is -1.07. The normalized spacial score (nSPS) is 17.8. The summed E-state index contributed by atoms with van der Waals surface area (Å²) < 4.78 is 30.6. The molecule has 242 valence electrons. The van der Waals surface area contributed by atoms with Crippen LogP contribution in [-0.4, -0.2) is 59.9 Å². The Hall–Kier alpha value is -4.04. The first-order chi connectivity index (χ1) is 21.0. The smallest absolute Gasteiger partial charge is 0.415 e. The van der Waals surface area contributed by atoms with Gasteiger partial charge in [0.25, 0.3) is 5.91 Å². The lowest BCUT2D eigenvalue weighted by molar-refractivity contribution is -0.141. The summed E-state index contributed by atoms with van der Waals surface area (Å²) in [6.07, 6.45) is -0.436. The maximum Gasteiger partial charge on any atom is 0.415 e. The molecule has 4 rings (SSSR count). The molecule has 1 N–H and O–H groups in total. The zero-order valence-corrected chi connectivity index (χ0v) is 27.3. The van der Waals surface area contributed by atoms with Crippen LogP contribution >= 0.6 is 11.6 Å². The lowest BCUT2D eigenvalue weighted by Gasteiger charge is -2.43. The number of nitriles is 1. The van der Waals surface area contributed by atoms with E-state index in [-0.39, 0.29) is 40.1 Å². The fourth-order valence-electron chi connectivity index (χ4n) is 5.45. The van der Waals surface area contributed by atoms with Gasteiger partial charge in [-0.05, 0) is 90.0 Å². The lowest BCUT2D eigenvalue weighted by atomic mass is 9.71. The Morgan fingerprint density at radius 3 is 2.27 bits per heavy atom. The van der Waals surface area contributed by atoms with Crippen molar-refractivity contribution in [2.45, 2.75) is 84.5 Å². The number of carbonyl (C=O) groups excluding carboxylic acids is 3. The molecule has 0 aliphatic carbocycles. The quantitative estimate of drug-likeness (QED) is 0.369. The van der Waals surface area contributed by atoms with E-state index in [0.717, 1.165) is 5.56 Å². The van der Waals surface area contributed by atoms with E-state index in [2.05, 4.69) is 11.4 Å². The van der Waals surface area contributed by atoms with E-state index in [9.17, 15) is 24.0 Å². The number of halogens is 2. The minimum Gasteiger partial charge on any atom is -0.476 e. The van der Waals surface area contributed by atoms with Crippen molar-refractivity contribution in [2.24, 2.45) is 5.41 Å². The van der Waals surface area contributed by atoms with Crippen molar-refractivity contribution in [3.8, 4) is 11.8 Å². The monoisotopic (exact) mass is 642 g/mol. The van der Waals surface area contributed by atoms with Crippen LogP contribution < -0.4 is 15.0 Å². The maximum atomic E-state index is 13.9. The topological polar surface area (TPSA) is 121 Å². The van der Waals surface area contributed by atoms with E-state index in [4.69, 9.17) is 25.8 Å². The number of fused-ring (bicyclic) bond motifs is 1. The second-order valence-electron chi connectivity index (χ2n) is 13.6. The molecule has 2 aliphatic rings. The molecular weight excluding hydrogens is 603 g/mol. The third-order valence-electron chi connectivity index (χ3n) is 7.56. The van der Waals surface area contributed by atoms with E-state index < -0.39 is 29.5 Å². The highest BCUT2D eigenvalue weighted by Crippen LogP contribution is 2.42. The van der Waals surface area contributed by atoms with Crippen LogP contribution in [0.4, 0.5) is 25.4 Å². The third-order valence-corrected chi connectivity index (χ3v) is 7.88. The summed E-state index contributed by atoms with van der Waals surface area (Å²) in [6, 6.07) is 11.5. The average molecular weight is 643 g/mol. The van der Waals surface area contributed by atoms with Gasteiger partial charge in [-0.1, -0.05) is 23.7 Å². The maximum absolute atomic E-state index is 13.9. The number of amides is 3. The Bertz CT molecular complexity index is 1470. The van der Waals surface area contributed by atoms with Crippen molar-refractivity contribution >= 4 is 41.1 Å². The molecule has 10 nitrogen and oxygen atoms in total. The molecule has 45 heavy (non-hydrogen) atoms. The molecule has 1 saturated heterocycles. The molecule has 2 aromatic rings. The van der Waals surface area contributed by atoms with Crippen LogP contribution in [0, 0.1) is 22.6 Å². The highest BCUT2D eigenvalue weighted by Gasteiger charge is 2.42. The fraction of sp³-hybridized carbons (Fsp3) is 0.515. The SMILES string of the molecule is CC(C)(C)OC(=O)Nc1cc2c(cc1Cl)N(C(=O)OC(C)(C)C)CC(C(=O)N1CCC(CC#N)(Cc3ccc(F)cc3)CC1)O2. The van der Waals surface area contributed by atoms with Gasteiger partial charge in [-0.2, -0.15) is 5.26 Å². The molecule has 0 spiro atoms. The molecule has 0 bridgehead atoms. The Morgan fingerprint density at radius 2 is 1.69 bits per heavy atom. The van der Waals surface area contributed by atoms with Crippen molar-refractivity contribution in [1.29, 1.82) is 5.26 Å². The number of nitrogens with one attached hydrogen (secondary N) is 1. The lowest BCUT2D eigenvalue weighted by Crippen LogP contribution is -2.55. The Kier molecular flexibility index (Phi) is 9.88. The number of hydrogen-bond donors (Lipinski definition) is 1.